The minimum absolute atomic E-state index is 0.320. The number of ether oxygens (including phenoxy) is 2. The van der Waals surface area contributed by atoms with E-state index in [2.05, 4.69) is 15.4 Å². The van der Waals surface area contributed by atoms with Gasteiger partial charge in [0.05, 0.1) is 19.9 Å². The van der Waals surface area contributed by atoms with E-state index in [0.29, 0.717) is 33.7 Å². The third kappa shape index (κ3) is 3.00. The summed E-state index contributed by atoms with van der Waals surface area (Å²) < 4.78 is 26.9. The Kier molecular flexibility index (Phi) is 4.45. The predicted octanol–water partition coefficient (Wildman–Crippen LogP) is 4.14. The van der Waals surface area contributed by atoms with E-state index in [4.69, 9.17) is 21.1 Å². The molecule has 1 unspecified atom stereocenters. The van der Waals surface area contributed by atoms with Gasteiger partial charge in [0.1, 0.15) is 29.7 Å². The van der Waals surface area contributed by atoms with Gasteiger partial charge in [-0.25, -0.2) is 9.07 Å². The normalized spacial score (nSPS) is 15.6. The second-order valence-electron chi connectivity index (χ2n) is 5.88. The Morgan fingerprint density at radius 2 is 2.04 bits per heavy atom. The van der Waals surface area contributed by atoms with Crippen molar-refractivity contribution in [2.45, 2.75) is 6.04 Å². The van der Waals surface area contributed by atoms with Crippen LogP contribution in [0.15, 0.2) is 48.8 Å². The Morgan fingerprint density at radius 1 is 1.19 bits per heavy atom. The number of nitrogens with zero attached hydrogens (tertiary/aromatic N) is 3. The quantitative estimate of drug-likeness (QED) is 0.730. The maximum absolute atomic E-state index is 14.6. The molecule has 2 heterocycles. The number of nitrogens with one attached hydrogen (secondary N) is 1. The van der Waals surface area contributed by atoms with Crippen LogP contribution in [-0.4, -0.2) is 29.0 Å². The SMILES string of the molecule is COc1ccc(C2=CC(c3c(F)cccc3Cl)n3ncnc3N2)c(OC)c1. The summed E-state index contributed by atoms with van der Waals surface area (Å²) >= 11 is 6.30. The van der Waals surface area contributed by atoms with Crippen LogP contribution in [0.3, 0.4) is 0 Å². The molecule has 1 aliphatic heterocycles. The number of hydrogen-bond acceptors (Lipinski definition) is 5. The molecule has 0 fully saturated rings. The molecule has 138 valence electrons. The monoisotopic (exact) mass is 386 g/mol. The van der Waals surface area contributed by atoms with Crippen LogP contribution in [0.5, 0.6) is 11.5 Å². The van der Waals surface area contributed by atoms with Crippen LogP contribution in [0, 0.1) is 5.82 Å². The van der Waals surface area contributed by atoms with Gasteiger partial charge in [-0.1, -0.05) is 17.7 Å². The minimum atomic E-state index is -0.556. The zero-order valence-corrected chi connectivity index (χ0v) is 15.4. The van der Waals surface area contributed by atoms with Crippen LogP contribution in [0.4, 0.5) is 10.3 Å². The summed E-state index contributed by atoms with van der Waals surface area (Å²) in [5, 5.41) is 7.75. The van der Waals surface area contributed by atoms with Crippen molar-refractivity contribution in [1.29, 1.82) is 0 Å². The van der Waals surface area contributed by atoms with Crippen molar-refractivity contribution < 1.29 is 13.9 Å². The number of anilines is 1. The average molecular weight is 387 g/mol. The first-order chi connectivity index (χ1) is 13.1. The number of hydrogen-bond donors (Lipinski definition) is 1. The largest absolute Gasteiger partial charge is 0.497 e. The van der Waals surface area contributed by atoms with Gasteiger partial charge in [0, 0.05) is 22.2 Å². The summed E-state index contributed by atoms with van der Waals surface area (Å²) in [5.41, 5.74) is 1.82. The smallest absolute Gasteiger partial charge is 0.226 e. The van der Waals surface area contributed by atoms with Gasteiger partial charge in [-0.05, 0) is 30.3 Å². The molecule has 1 aromatic heterocycles. The molecule has 1 N–H and O–H groups in total. The molecule has 27 heavy (non-hydrogen) atoms. The third-order valence-corrected chi connectivity index (χ3v) is 4.73. The van der Waals surface area contributed by atoms with Crippen LogP contribution in [-0.2, 0) is 0 Å². The number of benzene rings is 2. The molecule has 0 bridgehead atoms. The number of rotatable bonds is 4. The van der Waals surface area contributed by atoms with Crippen molar-refractivity contribution in [3.8, 4) is 11.5 Å². The summed E-state index contributed by atoms with van der Waals surface area (Å²) in [5.74, 6) is 1.35. The average Bonchev–Trinajstić information content (AvgIpc) is 3.16. The van der Waals surface area contributed by atoms with Crippen molar-refractivity contribution in [3.63, 3.8) is 0 Å². The van der Waals surface area contributed by atoms with Gasteiger partial charge in [-0.15, -0.1) is 0 Å². The fraction of sp³-hybridized carbons (Fsp3) is 0.158. The maximum Gasteiger partial charge on any atom is 0.226 e. The summed E-state index contributed by atoms with van der Waals surface area (Å²) in [6.07, 6.45) is 3.25. The van der Waals surface area contributed by atoms with E-state index in [-0.39, 0.29) is 0 Å². The van der Waals surface area contributed by atoms with Crippen LogP contribution in [0.1, 0.15) is 17.2 Å². The predicted molar refractivity (Wildman–Crippen MR) is 101 cm³/mol. The number of fused-ring (bicyclic) bond motifs is 1. The number of halogens is 2. The van der Waals surface area contributed by atoms with E-state index in [1.54, 1.807) is 37.1 Å². The van der Waals surface area contributed by atoms with Crippen molar-refractivity contribution in [2.75, 3.05) is 19.5 Å². The van der Waals surface area contributed by atoms with Gasteiger partial charge >= 0.3 is 0 Å². The molecule has 0 saturated heterocycles. The van der Waals surface area contributed by atoms with Crippen molar-refractivity contribution >= 4 is 23.2 Å². The van der Waals surface area contributed by atoms with Crippen molar-refractivity contribution in [1.82, 2.24) is 14.8 Å². The summed E-state index contributed by atoms with van der Waals surface area (Å²) in [4.78, 5) is 4.23. The van der Waals surface area contributed by atoms with Crippen molar-refractivity contribution in [3.05, 3.63) is 70.8 Å². The topological polar surface area (TPSA) is 61.2 Å². The Labute approximate surface area is 160 Å². The van der Waals surface area contributed by atoms with Crippen molar-refractivity contribution in [2.24, 2.45) is 0 Å². The summed E-state index contributed by atoms with van der Waals surface area (Å²) in [6.45, 7) is 0. The van der Waals surface area contributed by atoms with Gasteiger partial charge in [-0.3, -0.25) is 0 Å². The Morgan fingerprint density at radius 3 is 2.78 bits per heavy atom. The first kappa shape index (κ1) is 17.4. The highest BCUT2D eigenvalue weighted by atomic mass is 35.5. The molecule has 1 atom stereocenters. The number of allylic oxidation sites excluding steroid dienone is 1. The summed E-state index contributed by atoms with van der Waals surface area (Å²) in [7, 11) is 3.17. The molecule has 0 amide bonds. The molecule has 3 aromatic rings. The van der Waals surface area contributed by atoms with Gasteiger partial charge in [-0.2, -0.15) is 10.1 Å². The lowest BCUT2D eigenvalue weighted by Gasteiger charge is -2.26. The van der Waals surface area contributed by atoms with E-state index in [1.165, 1.54) is 12.4 Å². The second kappa shape index (κ2) is 6.92. The Hall–Kier alpha value is -3.06. The van der Waals surface area contributed by atoms with E-state index in [9.17, 15) is 4.39 Å². The minimum Gasteiger partial charge on any atom is -0.497 e. The first-order valence-corrected chi connectivity index (χ1v) is 8.55. The molecular weight excluding hydrogens is 371 g/mol. The fourth-order valence-corrected chi connectivity index (χ4v) is 3.39. The van der Waals surface area contributed by atoms with Gasteiger partial charge in [0.15, 0.2) is 0 Å². The molecule has 6 nitrogen and oxygen atoms in total. The first-order valence-electron chi connectivity index (χ1n) is 8.17. The highest BCUT2D eigenvalue weighted by Gasteiger charge is 2.28. The molecule has 1 aliphatic rings. The van der Waals surface area contributed by atoms with Gasteiger partial charge in [0.2, 0.25) is 5.95 Å². The van der Waals surface area contributed by atoms with Crippen LogP contribution < -0.4 is 14.8 Å². The fourth-order valence-electron chi connectivity index (χ4n) is 3.11. The molecule has 0 radical (unpaired) electrons. The zero-order chi connectivity index (χ0) is 19.0. The highest BCUT2D eigenvalue weighted by Crippen LogP contribution is 2.39. The third-order valence-electron chi connectivity index (χ3n) is 4.40. The van der Waals surface area contributed by atoms with Crippen LogP contribution >= 0.6 is 11.6 Å². The van der Waals surface area contributed by atoms with E-state index < -0.39 is 11.9 Å². The zero-order valence-electron chi connectivity index (χ0n) is 14.6. The lowest BCUT2D eigenvalue weighted by molar-refractivity contribution is 0.393. The lowest BCUT2D eigenvalue weighted by Crippen LogP contribution is -2.21. The molecule has 4 rings (SSSR count). The van der Waals surface area contributed by atoms with E-state index in [0.717, 1.165) is 5.56 Å². The summed E-state index contributed by atoms with van der Waals surface area (Å²) in [6, 6.07) is 9.51. The Balaban J connectivity index is 1.87. The molecule has 0 saturated carbocycles. The van der Waals surface area contributed by atoms with E-state index >= 15 is 0 Å². The second-order valence-corrected chi connectivity index (χ2v) is 6.29. The molecule has 8 heteroatoms. The van der Waals surface area contributed by atoms with Gasteiger partial charge < -0.3 is 14.8 Å². The molecule has 0 spiro atoms. The van der Waals surface area contributed by atoms with Crippen LogP contribution in [0.2, 0.25) is 5.02 Å². The lowest BCUT2D eigenvalue weighted by atomic mass is 10.0. The van der Waals surface area contributed by atoms with E-state index in [1.807, 2.05) is 18.2 Å². The highest BCUT2D eigenvalue weighted by molar-refractivity contribution is 6.31. The number of aromatic nitrogens is 3. The standard InChI is InChI=1S/C19H16ClFN4O2/c1-26-11-6-7-12(17(8-11)27-2)15-9-16(25-19(24-15)22-10-23-25)18-13(20)4-3-5-14(18)21/h3-10,16H,1-2H3,(H,22,23,24). The Bertz CT molecular complexity index is 1010. The number of methoxy groups -OCH3 is 2. The van der Waals surface area contributed by atoms with Crippen LogP contribution in [0.25, 0.3) is 5.70 Å². The van der Waals surface area contributed by atoms with Gasteiger partial charge in [0.25, 0.3) is 0 Å². The molecular formula is C19H16ClFN4O2. The molecule has 0 aliphatic carbocycles. The molecule has 2 aromatic carbocycles. The maximum atomic E-state index is 14.6.